The topological polar surface area (TPSA) is 70.2 Å². The van der Waals surface area contributed by atoms with Gasteiger partial charge in [-0.05, 0) is 46.1 Å². The Bertz CT molecular complexity index is 293. The number of hydrogen-bond acceptors (Lipinski definition) is 3. The molecule has 1 aliphatic rings. The molecule has 0 bridgehead atoms. The van der Waals surface area contributed by atoms with Gasteiger partial charge in [-0.1, -0.05) is 0 Å². The van der Waals surface area contributed by atoms with Crippen LogP contribution in [0.25, 0.3) is 0 Å². The predicted molar refractivity (Wildman–Crippen MR) is 71.1 cm³/mol. The molecule has 0 spiro atoms. The maximum absolute atomic E-state index is 11.5. The number of hydrogen-bond donors (Lipinski definition) is 3. The van der Waals surface area contributed by atoms with E-state index in [0.29, 0.717) is 19.5 Å². The van der Waals surface area contributed by atoms with Gasteiger partial charge in [-0.2, -0.15) is 0 Å². The first kappa shape index (κ1) is 15.0. The van der Waals surface area contributed by atoms with E-state index in [1.165, 1.54) is 12.8 Å². The molecule has 1 aliphatic carbocycles. The summed E-state index contributed by atoms with van der Waals surface area (Å²) in [6, 6.07) is 0. The third-order valence-electron chi connectivity index (χ3n) is 2.60. The van der Waals surface area contributed by atoms with E-state index in [2.05, 4.69) is 16.0 Å². The van der Waals surface area contributed by atoms with Crippen LogP contribution in [0, 0.1) is 5.92 Å². The summed E-state index contributed by atoms with van der Waals surface area (Å²) in [4.78, 5) is 22.9. The second-order valence-corrected chi connectivity index (χ2v) is 5.97. The Labute approximate surface area is 109 Å². The molecule has 0 aromatic carbocycles. The van der Waals surface area contributed by atoms with E-state index in [1.807, 2.05) is 20.8 Å². The summed E-state index contributed by atoms with van der Waals surface area (Å²) in [6.45, 7) is 7.48. The maximum Gasteiger partial charge on any atom is 0.233 e. The predicted octanol–water partition coefficient (Wildman–Crippen LogP) is 0.407. The standard InChI is InChI=1S/C13H25N3O2/c1-13(2,3)16-11(17)6-7-15-12(18)9-14-8-10-4-5-10/h10,14H,4-9H2,1-3H3,(H,15,18)(H,16,17). The molecule has 0 atom stereocenters. The van der Waals surface area contributed by atoms with Crippen molar-refractivity contribution in [2.75, 3.05) is 19.6 Å². The molecular formula is C13H25N3O2. The molecule has 0 aliphatic heterocycles. The van der Waals surface area contributed by atoms with Gasteiger partial charge in [0.25, 0.3) is 0 Å². The zero-order chi connectivity index (χ0) is 13.6. The van der Waals surface area contributed by atoms with Gasteiger partial charge in [0.2, 0.25) is 11.8 Å². The van der Waals surface area contributed by atoms with Gasteiger partial charge in [-0.3, -0.25) is 9.59 Å². The van der Waals surface area contributed by atoms with E-state index in [1.54, 1.807) is 0 Å². The van der Waals surface area contributed by atoms with Crippen LogP contribution >= 0.6 is 0 Å². The van der Waals surface area contributed by atoms with Crippen molar-refractivity contribution < 1.29 is 9.59 Å². The lowest BCUT2D eigenvalue weighted by Crippen LogP contribution is -2.42. The molecule has 0 heterocycles. The van der Waals surface area contributed by atoms with Crippen molar-refractivity contribution in [2.45, 2.75) is 45.6 Å². The summed E-state index contributed by atoms with van der Waals surface area (Å²) < 4.78 is 0. The molecule has 1 saturated carbocycles. The first-order valence-corrected chi connectivity index (χ1v) is 6.65. The first-order chi connectivity index (χ1) is 8.37. The van der Waals surface area contributed by atoms with Crippen LogP contribution in [-0.2, 0) is 9.59 Å². The quantitative estimate of drug-likeness (QED) is 0.617. The lowest BCUT2D eigenvalue weighted by atomic mass is 10.1. The number of nitrogens with one attached hydrogen (secondary N) is 3. The summed E-state index contributed by atoms with van der Waals surface area (Å²) in [7, 11) is 0. The van der Waals surface area contributed by atoms with Crippen molar-refractivity contribution >= 4 is 11.8 Å². The van der Waals surface area contributed by atoms with Crippen molar-refractivity contribution in [1.82, 2.24) is 16.0 Å². The van der Waals surface area contributed by atoms with Crippen molar-refractivity contribution in [2.24, 2.45) is 5.92 Å². The van der Waals surface area contributed by atoms with Crippen LogP contribution in [0.15, 0.2) is 0 Å². The van der Waals surface area contributed by atoms with E-state index >= 15 is 0 Å². The van der Waals surface area contributed by atoms with Gasteiger partial charge in [0.1, 0.15) is 0 Å². The lowest BCUT2D eigenvalue weighted by molar-refractivity contribution is -0.122. The van der Waals surface area contributed by atoms with Crippen LogP contribution in [-0.4, -0.2) is 37.0 Å². The number of amides is 2. The number of carbonyl (C=O) groups excluding carboxylic acids is 2. The minimum Gasteiger partial charge on any atom is -0.354 e. The molecular weight excluding hydrogens is 230 g/mol. The van der Waals surface area contributed by atoms with E-state index in [0.717, 1.165) is 12.5 Å². The van der Waals surface area contributed by atoms with Crippen molar-refractivity contribution in [3.05, 3.63) is 0 Å². The fourth-order valence-electron chi connectivity index (χ4n) is 1.57. The van der Waals surface area contributed by atoms with Crippen LogP contribution < -0.4 is 16.0 Å². The Morgan fingerprint density at radius 3 is 2.39 bits per heavy atom. The molecule has 104 valence electrons. The lowest BCUT2D eigenvalue weighted by Gasteiger charge is -2.20. The zero-order valence-corrected chi connectivity index (χ0v) is 11.6. The molecule has 1 fully saturated rings. The largest absolute Gasteiger partial charge is 0.354 e. The molecule has 0 radical (unpaired) electrons. The minimum atomic E-state index is -0.215. The average Bonchev–Trinajstić information content (AvgIpc) is 2.98. The van der Waals surface area contributed by atoms with E-state index in [-0.39, 0.29) is 17.4 Å². The molecule has 5 heteroatoms. The molecule has 5 nitrogen and oxygen atoms in total. The Kier molecular flexibility index (Phi) is 5.59. The number of carbonyl (C=O) groups is 2. The van der Waals surface area contributed by atoms with E-state index in [4.69, 9.17) is 0 Å². The normalized spacial score (nSPS) is 15.3. The molecule has 0 unspecified atom stereocenters. The van der Waals surface area contributed by atoms with Gasteiger partial charge in [0.15, 0.2) is 0 Å². The van der Waals surface area contributed by atoms with E-state index in [9.17, 15) is 9.59 Å². The van der Waals surface area contributed by atoms with Crippen molar-refractivity contribution in [1.29, 1.82) is 0 Å². The molecule has 0 aromatic heterocycles. The summed E-state index contributed by atoms with van der Waals surface area (Å²) >= 11 is 0. The molecule has 18 heavy (non-hydrogen) atoms. The SMILES string of the molecule is CC(C)(C)NC(=O)CCNC(=O)CNCC1CC1. The molecule has 0 aromatic rings. The highest BCUT2D eigenvalue weighted by molar-refractivity contribution is 5.80. The van der Waals surface area contributed by atoms with Crippen LogP contribution in [0.1, 0.15) is 40.0 Å². The van der Waals surface area contributed by atoms with Crippen LogP contribution in [0.3, 0.4) is 0 Å². The maximum atomic E-state index is 11.5. The van der Waals surface area contributed by atoms with Gasteiger partial charge in [-0.15, -0.1) is 0 Å². The average molecular weight is 255 g/mol. The fourth-order valence-corrected chi connectivity index (χ4v) is 1.57. The van der Waals surface area contributed by atoms with Gasteiger partial charge in [0, 0.05) is 18.5 Å². The van der Waals surface area contributed by atoms with E-state index < -0.39 is 0 Å². The highest BCUT2D eigenvalue weighted by Gasteiger charge is 2.20. The molecule has 1 rings (SSSR count). The van der Waals surface area contributed by atoms with Gasteiger partial charge >= 0.3 is 0 Å². The highest BCUT2D eigenvalue weighted by atomic mass is 16.2. The summed E-state index contributed by atoms with van der Waals surface area (Å²) in [5.41, 5.74) is -0.215. The van der Waals surface area contributed by atoms with Gasteiger partial charge in [0.05, 0.1) is 6.54 Å². The highest BCUT2D eigenvalue weighted by Crippen LogP contribution is 2.27. The Morgan fingerprint density at radius 2 is 1.83 bits per heavy atom. The van der Waals surface area contributed by atoms with Crippen LogP contribution in [0.4, 0.5) is 0 Å². The smallest absolute Gasteiger partial charge is 0.233 e. The number of rotatable bonds is 7. The minimum absolute atomic E-state index is 0.0336. The Balaban J connectivity index is 1.98. The third-order valence-corrected chi connectivity index (χ3v) is 2.60. The fraction of sp³-hybridized carbons (Fsp3) is 0.846. The Morgan fingerprint density at radius 1 is 1.17 bits per heavy atom. The third kappa shape index (κ3) is 8.06. The summed E-state index contributed by atoms with van der Waals surface area (Å²) in [6.07, 6.45) is 2.88. The van der Waals surface area contributed by atoms with Gasteiger partial charge in [-0.25, -0.2) is 0 Å². The van der Waals surface area contributed by atoms with Gasteiger partial charge < -0.3 is 16.0 Å². The zero-order valence-electron chi connectivity index (χ0n) is 11.6. The first-order valence-electron chi connectivity index (χ1n) is 6.65. The second-order valence-electron chi connectivity index (χ2n) is 5.97. The molecule has 3 N–H and O–H groups in total. The second kappa shape index (κ2) is 6.73. The van der Waals surface area contributed by atoms with Crippen LogP contribution in [0.2, 0.25) is 0 Å². The molecule has 2 amide bonds. The summed E-state index contributed by atoms with van der Waals surface area (Å²) in [5.74, 6) is 0.698. The van der Waals surface area contributed by atoms with Crippen LogP contribution in [0.5, 0.6) is 0 Å². The Hall–Kier alpha value is -1.10. The van der Waals surface area contributed by atoms with Crippen molar-refractivity contribution in [3.8, 4) is 0 Å². The molecule has 0 saturated heterocycles. The summed E-state index contributed by atoms with van der Waals surface area (Å²) in [5, 5.41) is 8.70. The van der Waals surface area contributed by atoms with Crippen molar-refractivity contribution in [3.63, 3.8) is 0 Å². The monoisotopic (exact) mass is 255 g/mol.